The molecule has 0 radical (unpaired) electrons. The lowest BCUT2D eigenvalue weighted by molar-refractivity contribution is 0.416. The van der Waals surface area contributed by atoms with Gasteiger partial charge in [0.25, 0.3) is 0 Å². The van der Waals surface area contributed by atoms with Gasteiger partial charge in [0.1, 0.15) is 10.8 Å². The van der Waals surface area contributed by atoms with E-state index in [-0.39, 0.29) is 0 Å². The van der Waals surface area contributed by atoms with Crippen molar-refractivity contribution in [2.24, 2.45) is 0 Å². The van der Waals surface area contributed by atoms with Crippen molar-refractivity contribution in [3.05, 3.63) is 34.3 Å². The number of halogens is 1. The first-order chi connectivity index (χ1) is 9.26. The molecule has 3 nitrogen and oxygen atoms in total. The zero-order chi connectivity index (χ0) is 13.7. The Labute approximate surface area is 122 Å². The van der Waals surface area contributed by atoms with Gasteiger partial charge in [-0.15, -0.1) is 11.3 Å². The fourth-order valence-corrected chi connectivity index (χ4v) is 3.03. The summed E-state index contributed by atoms with van der Waals surface area (Å²) in [5, 5.41) is 4.93. The third kappa shape index (κ3) is 3.47. The van der Waals surface area contributed by atoms with E-state index < -0.39 is 0 Å². The monoisotopic (exact) mass is 296 g/mol. The van der Waals surface area contributed by atoms with Crippen LogP contribution in [0.4, 0.5) is 0 Å². The molecule has 0 spiro atoms. The topological polar surface area (TPSA) is 34.2 Å². The Bertz CT molecular complexity index is 542. The summed E-state index contributed by atoms with van der Waals surface area (Å²) in [5.74, 6) is 0.759. The molecule has 1 heterocycles. The largest absolute Gasteiger partial charge is 0.496 e. The highest BCUT2D eigenvalue weighted by Crippen LogP contribution is 2.38. The van der Waals surface area contributed by atoms with Crippen molar-refractivity contribution >= 4 is 22.9 Å². The van der Waals surface area contributed by atoms with Gasteiger partial charge in [0.15, 0.2) is 0 Å². The summed E-state index contributed by atoms with van der Waals surface area (Å²) in [4.78, 5) is 5.65. The number of ether oxygens (including phenoxy) is 1. The Morgan fingerprint density at radius 1 is 1.42 bits per heavy atom. The van der Waals surface area contributed by atoms with Crippen molar-refractivity contribution in [3.63, 3.8) is 0 Å². The predicted octanol–water partition coefficient (Wildman–Crippen LogP) is 3.97. The second kappa shape index (κ2) is 6.89. The van der Waals surface area contributed by atoms with E-state index >= 15 is 0 Å². The van der Waals surface area contributed by atoms with E-state index in [1.54, 1.807) is 18.4 Å². The normalized spacial score (nSPS) is 10.7. The van der Waals surface area contributed by atoms with E-state index in [2.05, 4.69) is 17.2 Å². The number of rotatable bonds is 6. The van der Waals surface area contributed by atoms with Crippen LogP contribution in [0.3, 0.4) is 0 Å². The maximum absolute atomic E-state index is 6.25. The maximum atomic E-state index is 6.25. The van der Waals surface area contributed by atoms with E-state index in [1.165, 1.54) is 4.88 Å². The van der Waals surface area contributed by atoms with E-state index in [0.29, 0.717) is 5.02 Å². The van der Waals surface area contributed by atoms with Gasteiger partial charge in [-0.2, -0.15) is 0 Å². The lowest BCUT2D eigenvalue weighted by Gasteiger charge is -2.07. The highest BCUT2D eigenvalue weighted by atomic mass is 35.5. The Balaban J connectivity index is 2.23. The van der Waals surface area contributed by atoms with E-state index in [1.807, 2.05) is 24.4 Å². The number of nitrogens with zero attached hydrogens (tertiary/aromatic N) is 1. The fourth-order valence-electron chi connectivity index (χ4n) is 1.78. The molecule has 19 heavy (non-hydrogen) atoms. The van der Waals surface area contributed by atoms with Crippen LogP contribution < -0.4 is 10.1 Å². The second-order valence-electron chi connectivity index (χ2n) is 4.13. The van der Waals surface area contributed by atoms with Crippen LogP contribution in [0.1, 0.15) is 18.2 Å². The quantitative estimate of drug-likeness (QED) is 0.819. The Morgan fingerprint density at radius 3 is 3.00 bits per heavy atom. The first kappa shape index (κ1) is 14.3. The smallest absolute Gasteiger partial charge is 0.130 e. The second-order valence-corrected chi connectivity index (χ2v) is 5.65. The maximum Gasteiger partial charge on any atom is 0.130 e. The standard InChI is InChI=1S/C14H17ClN2OS/c1-3-7-16-8-10-9-17-14(19-10)13-11(15)5-4-6-12(13)18-2/h4-6,9,16H,3,7-8H2,1-2H3. The van der Waals surface area contributed by atoms with Crippen LogP contribution >= 0.6 is 22.9 Å². The summed E-state index contributed by atoms with van der Waals surface area (Å²) in [7, 11) is 1.65. The number of aromatic nitrogens is 1. The van der Waals surface area contributed by atoms with Crippen molar-refractivity contribution in [1.29, 1.82) is 0 Å². The molecule has 0 saturated carbocycles. The SMILES string of the molecule is CCCNCc1cnc(-c2c(Cl)cccc2OC)s1. The van der Waals surface area contributed by atoms with Crippen molar-refractivity contribution in [2.45, 2.75) is 19.9 Å². The minimum absolute atomic E-state index is 0.668. The van der Waals surface area contributed by atoms with Crippen LogP contribution in [-0.2, 0) is 6.54 Å². The molecule has 0 unspecified atom stereocenters. The number of nitrogens with one attached hydrogen (secondary N) is 1. The van der Waals surface area contributed by atoms with Gasteiger partial charge in [-0.25, -0.2) is 4.98 Å². The van der Waals surface area contributed by atoms with Gasteiger partial charge in [0, 0.05) is 17.6 Å². The van der Waals surface area contributed by atoms with Crippen LogP contribution in [-0.4, -0.2) is 18.6 Å². The van der Waals surface area contributed by atoms with Gasteiger partial charge in [-0.1, -0.05) is 24.6 Å². The molecule has 0 aliphatic rings. The van der Waals surface area contributed by atoms with Crippen LogP contribution in [0.2, 0.25) is 5.02 Å². The predicted molar refractivity (Wildman–Crippen MR) is 81.1 cm³/mol. The van der Waals surface area contributed by atoms with Gasteiger partial charge in [-0.3, -0.25) is 0 Å². The number of hydrogen-bond donors (Lipinski definition) is 1. The number of benzene rings is 1. The van der Waals surface area contributed by atoms with E-state index in [9.17, 15) is 0 Å². The third-order valence-electron chi connectivity index (χ3n) is 2.69. The first-order valence-electron chi connectivity index (χ1n) is 6.24. The highest BCUT2D eigenvalue weighted by molar-refractivity contribution is 7.15. The van der Waals surface area contributed by atoms with Crippen molar-refractivity contribution in [1.82, 2.24) is 10.3 Å². The van der Waals surface area contributed by atoms with Crippen molar-refractivity contribution < 1.29 is 4.74 Å². The fraction of sp³-hybridized carbons (Fsp3) is 0.357. The van der Waals surface area contributed by atoms with Crippen LogP contribution in [0, 0.1) is 0 Å². The molecule has 0 atom stereocenters. The number of thiazole rings is 1. The lowest BCUT2D eigenvalue weighted by Crippen LogP contribution is -2.12. The minimum atomic E-state index is 0.668. The summed E-state index contributed by atoms with van der Waals surface area (Å²) < 4.78 is 5.35. The van der Waals surface area contributed by atoms with Gasteiger partial charge in [-0.05, 0) is 25.1 Å². The molecule has 2 aromatic rings. The summed E-state index contributed by atoms with van der Waals surface area (Å²) >= 11 is 7.89. The van der Waals surface area contributed by atoms with E-state index in [0.717, 1.165) is 35.8 Å². The van der Waals surface area contributed by atoms with Crippen LogP contribution in [0.25, 0.3) is 10.6 Å². The van der Waals surface area contributed by atoms with Crippen molar-refractivity contribution in [3.8, 4) is 16.3 Å². The Hall–Kier alpha value is -1.10. The van der Waals surface area contributed by atoms with Crippen LogP contribution in [0.5, 0.6) is 5.75 Å². The average molecular weight is 297 g/mol. The molecule has 1 aromatic heterocycles. The molecule has 0 amide bonds. The molecule has 102 valence electrons. The molecular formula is C14H17ClN2OS. The molecule has 0 saturated heterocycles. The Kier molecular flexibility index (Phi) is 5.19. The molecule has 0 fully saturated rings. The summed E-state index contributed by atoms with van der Waals surface area (Å²) in [6.07, 6.45) is 3.02. The van der Waals surface area contributed by atoms with Crippen molar-refractivity contribution in [2.75, 3.05) is 13.7 Å². The molecule has 1 aromatic carbocycles. The molecule has 2 rings (SSSR count). The zero-order valence-corrected chi connectivity index (χ0v) is 12.6. The summed E-state index contributed by atoms with van der Waals surface area (Å²) in [6, 6.07) is 5.63. The van der Waals surface area contributed by atoms with Gasteiger partial charge >= 0.3 is 0 Å². The molecular weight excluding hydrogens is 280 g/mol. The summed E-state index contributed by atoms with van der Waals surface area (Å²) in [5.41, 5.74) is 0.874. The molecule has 0 aliphatic carbocycles. The zero-order valence-electron chi connectivity index (χ0n) is 11.1. The summed E-state index contributed by atoms with van der Waals surface area (Å²) in [6.45, 7) is 4.01. The third-order valence-corrected chi connectivity index (χ3v) is 4.02. The number of methoxy groups -OCH3 is 1. The van der Waals surface area contributed by atoms with Gasteiger partial charge in [0.2, 0.25) is 0 Å². The van der Waals surface area contributed by atoms with Gasteiger partial charge < -0.3 is 10.1 Å². The molecule has 0 bridgehead atoms. The highest BCUT2D eigenvalue weighted by Gasteiger charge is 2.13. The first-order valence-corrected chi connectivity index (χ1v) is 7.44. The molecule has 0 aliphatic heterocycles. The molecule has 1 N–H and O–H groups in total. The number of hydrogen-bond acceptors (Lipinski definition) is 4. The van der Waals surface area contributed by atoms with Crippen LogP contribution in [0.15, 0.2) is 24.4 Å². The Morgan fingerprint density at radius 2 is 2.26 bits per heavy atom. The van der Waals surface area contributed by atoms with E-state index in [4.69, 9.17) is 16.3 Å². The van der Waals surface area contributed by atoms with Gasteiger partial charge in [0.05, 0.1) is 17.7 Å². The molecule has 5 heteroatoms. The lowest BCUT2D eigenvalue weighted by atomic mass is 10.2. The minimum Gasteiger partial charge on any atom is -0.496 e. The average Bonchev–Trinajstić information content (AvgIpc) is 2.87.